The third kappa shape index (κ3) is 3.72. The monoisotopic (exact) mass is 253 g/mol. The summed E-state index contributed by atoms with van der Waals surface area (Å²) in [5, 5.41) is 12.6. The summed E-state index contributed by atoms with van der Waals surface area (Å²) in [7, 11) is 0. The van der Waals surface area contributed by atoms with E-state index in [2.05, 4.69) is 5.16 Å². The van der Waals surface area contributed by atoms with Gasteiger partial charge in [0.05, 0.1) is 18.4 Å². The second kappa shape index (κ2) is 6.03. The third-order valence-corrected chi connectivity index (χ3v) is 3.26. The van der Waals surface area contributed by atoms with E-state index in [-0.39, 0.29) is 6.10 Å². The molecule has 2 rings (SSSR count). The standard InChI is InChI=1S/C13H16ClNO2/c14-11-3-1-2-10(8-11)9-17-13-6-4-12(15-16)5-7-13/h1-3,8,13,16H,4-7,9H2. The highest BCUT2D eigenvalue weighted by molar-refractivity contribution is 6.30. The van der Waals surface area contributed by atoms with E-state index in [1.165, 1.54) is 0 Å². The SMILES string of the molecule is ON=C1CCC(OCc2cccc(Cl)c2)CC1. The molecule has 0 aliphatic heterocycles. The van der Waals surface area contributed by atoms with Crippen LogP contribution in [-0.2, 0) is 11.3 Å². The molecule has 0 bridgehead atoms. The fourth-order valence-electron chi connectivity index (χ4n) is 2.03. The third-order valence-electron chi connectivity index (χ3n) is 3.03. The van der Waals surface area contributed by atoms with Crippen molar-refractivity contribution in [2.45, 2.75) is 38.4 Å². The van der Waals surface area contributed by atoms with Gasteiger partial charge in [-0.2, -0.15) is 0 Å². The summed E-state index contributed by atoms with van der Waals surface area (Å²) in [6.07, 6.45) is 3.78. The molecule has 0 unspecified atom stereocenters. The zero-order valence-electron chi connectivity index (χ0n) is 9.60. The lowest BCUT2D eigenvalue weighted by molar-refractivity contribution is 0.0277. The summed E-state index contributed by atoms with van der Waals surface area (Å²) >= 11 is 5.91. The van der Waals surface area contributed by atoms with Crippen LogP contribution in [0.1, 0.15) is 31.2 Å². The molecule has 1 N–H and O–H groups in total. The van der Waals surface area contributed by atoms with Gasteiger partial charge in [-0.25, -0.2) is 0 Å². The minimum Gasteiger partial charge on any atom is -0.411 e. The normalized spacial score (nSPS) is 20.3. The minimum absolute atomic E-state index is 0.263. The van der Waals surface area contributed by atoms with Crippen LogP contribution in [0, 0.1) is 0 Å². The van der Waals surface area contributed by atoms with Crippen LogP contribution in [-0.4, -0.2) is 17.0 Å². The van der Waals surface area contributed by atoms with Gasteiger partial charge in [0.2, 0.25) is 0 Å². The van der Waals surface area contributed by atoms with Gasteiger partial charge in [-0.15, -0.1) is 0 Å². The van der Waals surface area contributed by atoms with Crippen LogP contribution in [0.2, 0.25) is 5.02 Å². The lowest BCUT2D eigenvalue weighted by Gasteiger charge is -2.22. The summed E-state index contributed by atoms with van der Waals surface area (Å²) < 4.78 is 5.82. The van der Waals surface area contributed by atoms with Gasteiger partial charge < -0.3 is 9.94 Å². The summed E-state index contributed by atoms with van der Waals surface area (Å²) in [4.78, 5) is 0. The molecular formula is C13H16ClNO2. The fourth-order valence-corrected chi connectivity index (χ4v) is 2.24. The number of hydrogen-bond acceptors (Lipinski definition) is 3. The first-order valence-corrected chi connectivity index (χ1v) is 6.21. The predicted octanol–water partition coefficient (Wildman–Crippen LogP) is 3.63. The molecule has 1 aromatic carbocycles. The van der Waals surface area contributed by atoms with Gasteiger partial charge >= 0.3 is 0 Å². The number of nitrogens with zero attached hydrogens (tertiary/aromatic N) is 1. The van der Waals surface area contributed by atoms with Crippen molar-refractivity contribution in [2.24, 2.45) is 5.16 Å². The van der Waals surface area contributed by atoms with Crippen molar-refractivity contribution < 1.29 is 9.94 Å². The van der Waals surface area contributed by atoms with Crippen LogP contribution >= 0.6 is 11.6 Å². The van der Waals surface area contributed by atoms with E-state index in [1.807, 2.05) is 24.3 Å². The molecule has 0 atom stereocenters. The second-order valence-electron chi connectivity index (χ2n) is 4.31. The summed E-state index contributed by atoms with van der Waals surface area (Å²) in [5.41, 5.74) is 1.98. The Morgan fingerprint density at radius 1 is 1.35 bits per heavy atom. The van der Waals surface area contributed by atoms with Gasteiger partial charge in [0, 0.05) is 5.02 Å². The summed E-state index contributed by atoms with van der Waals surface area (Å²) in [5.74, 6) is 0. The predicted molar refractivity (Wildman–Crippen MR) is 67.7 cm³/mol. The molecule has 0 heterocycles. The molecule has 1 saturated carbocycles. The van der Waals surface area contributed by atoms with Crippen molar-refractivity contribution in [3.8, 4) is 0 Å². The average molecular weight is 254 g/mol. The topological polar surface area (TPSA) is 41.8 Å². The van der Waals surface area contributed by atoms with Crippen molar-refractivity contribution in [2.75, 3.05) is 0 Å². The maximum absolute atomic E-state index is 8.65. The van der Waals surface area contributed by atoms with Crippen molar-refractivity contribution in [1.29, 1.82) is 0 Å². The van der Waals surface area contributed by atoms with Gasteiger partial charge in [0.15, 0.2) is 0 Å². The Hall–Kier alpha value is -1.06. The molecule has 0 amide bonds. The van der Waals surface area contributed by atoms with Crippen LogP contribution in [0.25, 0.3) is 0 Å². The van der Waals surface area contributed by atoms with E-state index in [1.54, 1.807) is 0 Å². The number of rotatable bonds is 3. The molecule has 1 fully saturated rings. The van der Waals surface area contributed by atoms with Gasteiger partial charge in [0.25, 0.3) is 0 Å². The number of halogens is 1. The van der Waals surface area contributed by atoms with Crippen LogP contribution in [0.5, 0.6) is 0 Å². The number of ether oxygens (including phenoxy) is 1. The van der Waals surface area contributed by atoms with Crippen LogP contribution in [0.4, 0.5) is 0 Å². The van der Waals surface area contributed by atoms with E-state index >= 15 is 0 Å². The zero-order valence-corrected chi connectivity index (χ0v) is 10.4. The van der Waals surface area contributed by atoms with E-state index < -0.39 is 0 Å². The van der Waals surface area contributed by atoms with E-state index in [0.717, 1.165) is 42.0 Å². The Kier molecular flexibility index (Phi) is 4.40. The minimum atomic E-state index is 0.263. The Morgan fingerprint density at radius 3 is 2.76 bits per heavy atom. The maximum Gasteiger partial charge on any atom is 0.0721 e. The highest BCUT2D eigenvalue weighted by Gasteiger charge is 2.18. The molecule has 1 aromatic rings. The molecule has 17 heavy (non-hydrogen) atoms. The molecular weight excluding hydrogens is 238 g/mol. The molecule has 3 nitrogen and oxygen atoms in total. The quantitative estimate of drug-likeness (QED) is 0.660. The first-order chi connectivity index (χ1) is 8.28. The molecule has 0 radical (unpaired) electrons. The van der Waals surface area contributed by atoms with Crippen molar-refractivity contribution >= 4 is 17.3 Å². The lowest BCUT2D eigenvalue weighted by Crippen LogP contribution is -2.21. The largest absolute Gasteiger partial charge is 0.411 e. The van der Waals surface area contributed by atoms with Crippen LogP contribution in [0.3, 0.4) is 0 Å². The zero-order chi connectivity index (χ0) is 12.1. The summed E-state index contributed by atoms with van der Waals surface area (Å²) in [6.45, 7) is 0.594. The smallest absolute Gasteiger partial charge is 0.0721 e. The molecule has 0 aromatic heterocycles. The first kappa shape index (κ1) is 12.4. The van der Waals surface area contributed by atoms with Crippen molar-refractivity contribution in [3.63, 3.8) is 0 Å². The first-order valence-electron chi connectivity index (χ1n) is 5.84. The van der Waals surface area contributed by atoms with Gasteiger partial charge in [0.1, 0.15) is 0 Å². The molecule has 1 aliphatic carbocycles. The highest BCUT2D eigenvalue weighted by atomic mass is 35.5. The second-order valence-corrected chi connectivity index (χ2v) is 4.74. The number of hydrogen-bond donors (Lipinski definition) is 1. The van der Waals surface area contributed by atoms with E-state index in [9.17, 15) is 0 Å². The molecule has 4 heteroatoms. The Balaban J connectivity index is 1.79. The van der Waals surface area contributed by atoms with Gasteiger partial charge in [-0.05, 0) is 43.4 Å². The highest BCUT2D eigenvalue weighted by Crippen LogP contribution is 2.20. The Morgan fingerprint density at radius 2 is 2.12 bits per heavy atom. The molecule has 0 spiro atoms. The Labute approximate surface area is 106 Å². The van der Waals surface area contributed by atoms with Crippen molar-refractivity contribution in [3.05, 3.63) is 34.9 Å². The molecule has 0 saturated heterocycles. The summed E-state index contributed by atoms with van der Waals surface area (Å²) in [6, 6.07) is 7.72. The maximum atomic E-state index is 8.65. The number of benzene rings is 1. The van der Waals surface area contributed by atoms with Crippen LogP contribution in [0.15, 0.2) is 29.4 Å². The van der Waals surface area contributed by atoms with E-state index in [4.69, 9.17) is 21.5 Å². The average Bonchev–Trinajstić information content (AvgIpc) is 2.37. The van der Waals surface area contributed by atoms with Gasteiger partial charge in [-0.1, -0.05) is 28.9 Å². The van der Waals surface area contributed by atoms with E-state index in [0.29, 0.717) is 6.61 Å². The molecule has 92 valence electrons. The fraction of sp³-hybridized carbons (Fsp3) is 0.462. The molecule has 1 aliphatic rings. The van der Waals surface area contributed by atoms with Gasteiger partial charge in [-0.3, -0.25) is 0 Å². The lowest BCUT2D eigenvalue weighted by atomic mass is 9.96. The van der Waals surface area contributed by atoms with Crippen LogP contribution < -0.4 is 0 Å². The number of oxime groups is 1. The van der Waals surface area contributed by atoms with Crippen molar-refractivity contribution in [1.82, 2.24) is 0 Å². The Bertz CT molecular complexity index is 396.